The van der Waals surface area contributed by atoms with Gasteiger partial charge in [-0.1, -0.05) is 31.2 Å². The standard InChI is InChI=1S/C24H26N4O3/c1-6-7-9-16-14(2)27-28-22(16)24-25-18-11-8-10-17(21(18)26-24)15-12-19(29-3)23(31-5)20(13-15)30-4/h7-13H,6H2,1-5H3,(H,25,26)(H,27,28)/b9-7-. The molecule has 2 heterocycles. The van der Waals surface area contributed by atoms with Crippen LogP contribution in [0.2, 0.25) is 0 Å². The summed E-state index contributed by atoms with van der Waals surface area (Å²) in [5.41, 5.74) is 6.49. The van der Waals surface area contributed by atoms with E-state index in [0.717, 1.165) is 51.4 Å². The van der Waals surface area contributed by atoms with Crippen LogP contribution in [-0.4, -0.2) is 41.5 Å². The first-order chi connectivity index (χ1) is 15.1. The van der Waals surface area contributed by atoms with Crippen LogP contribution in [0.25, 0.3) is 39.8 Å². The van der Waals surface area contributed by atoms with Crippen LogP contribution in [-0.2, 0) is 0 Å². The lowest BCUT2D eigenvalue weighted by atomic mass is 10.0. The lowest BCUT2D eigenvalue weighted by Gasteiger charge is -2.14. The predicted molar refractivity (Wildman–Crippen MR) is 123 cm³/mol. The zero-order chi connectivity index (χ0) is 22.0. The van der Waals surface area contributed by atoms with Crippen molar-refractivity contribution in [1.29, 1.82) is 0 Å². The topological polar surface area (TPSA) is 85.0 Å². The quantitative estimate of drug-likeness (QED) is 0.421. The van der Waals surface area contributed by atoms with Gasteiger partial charge >= 0.3 is 0 Å². The number of para-hydroxylation sites is 1. The van der Waals surface area contributed by atoms with Crippen molar-refractivity contribution in [3.8, 4) is 39.9 Å². The minimum Gasteiger partial charge on any atom is -0.493 e. The highest BCUT2D eigenvalue weighted by atomic mass is 16.5. The molecule has 0 fully saturated rings. The Labute approximate surface area is 181 Å². The van der Waals surface area contributed by atoms with E-state index in [-0.39, 0.29) is 0 Å². The first kappa shape index (κ1) is 20.5. The number of imidazole rings is 1. The number of fused-ring (bicyclic) bond motifs is 1. The van der Waals surface area contributed by atoms with Gasteiger partial charge in [-0.15, -0.1) is 0 Å². The number of ether oxygens (including phenoxy) is 3. The van der Waals surface area contributed by atoms with E-state index >= 15 is 0 Å². The number of benzene rings is 2. The fourth-order valence-corrected chi connectivity index (χ4v) is 3.67. The molecule has 0 aliphatic rings. The number of hydrogen-bond donors (Lipinski definition) is 2. The van der Waals surface area contributed by atoms with Gasteiger partial charge in [-0.2, -0.15) is 5.10 Å². The molecule has 0 unspecified atom stereocenters. The second-order valence-electron chi connectivity index (χ2n) is 7.12. The summed E-state index contributed by atoms with van der Waals surface area (Å²) >= 11 is 0. The molecule has 4 aromatic rings. The van der Waals surface area contributed by atoms with Crippen LogP contribution in [0.15, 0.2) is 36.4 Å². The van der Waals surface area contributed by atoms with Gasteiger partial charge in [0.25, 0.3) is 0 Å². The van der Waals surface area contributed by atoms with Gasteiger partial charge in [0.2, 0.25) is 5.75 Å². The second-order valence-corrected chi connectivity index (χ2v) is 7.12. The molecule has 2 aromatic heterocycles. The molecule has 0 spiro atoms. The fourth-order valence-electron chi connectivity index (χ4n) is 3.67. The molecule has 0 amide bonds. The molecule has 0 radical (unpaired) electrons. The number of aromatic nitrogens is 4. The van der Waals surface area contributed by atoms with E-state index in [1.165, 1.54) is 0 Å². The second kappa shape index (κ2) is 8.55. The summed E-state index contributed by atoms with van der Waals surface area (Å²) in [7, 11) is 4.82. The van der Waals surface area contributed by atoms with Gasteiger partial charge in [-0.25, -0.2) is 4.98 Å². The van der Waals surface area contributed by atoms with Crippen molar-refractivity contribution in [3.05, 3.63) is 47.7 Å². The van der Waals surface area contributed by atoms with E-state index in [4.69, 9.17) is 19.2 Å². The zero-order valence-electron chi connectivity index (χ0n) is 18.4. The first-order valence-corrected chi connectivity index (χ1v) is 10.1. The molecule has 160 valence electrons. The molecule has 0 saturated carbocycles. The molecule has 2 N–H and O–H groups in total. The van der Waals surface area contributed by atoms with Gasteiger partial charge in [-0.3, -0.25) is 5.10 Å². The minimum atomic E-state index is 0.558. The Morgan fingerprint density at radius 3 is 2.42 bits per heavy atom. The van der Waals surface area contributed by atoms with Crippen molar-refractivity contribution in [3.63, 3.8) is 0 Å². The van der Waals surface area contributed by atoms with Gasteiger partial charge in [0.15, 0.2) is 17.3 Å². The van der Waals surface area contributed by atoms with E-state index in [9.17, 15) is 0 Å². The maximum atomic E-state index is 5.53. The van der Waals surface area contributed by atoms with Gasteiger partial charge in [0.1, 0.15) is 5.69 Å². The molecule has 7 nitrogen and oxygen atoms in total. The highest BCUT2D eigenvalue weighted by Crippen LogP contribution is 2.42. The summed E-state index contributed by atoms with van der Waals surface area (Å²) in [5, 5.41) is 7.56. The Balaban J connectivity index is 1.88. The number of hydrogen-bond acceptors (Lipinski definition) is 5. The number of aryl methyl sites for hydroxylation is 1. The molecule has 0 aliphatic carbocycles. The van der Waals surface area contributed by atoms with E-state index in [2.05, 4.69) is 34.3 Å². The largest absolute Gasteiger partial charge is 0.493 e. The van der Waals surface area contributed by atoms with Crippen molar-refractivity contribution in [2.24, 2.45) is 0 Å². The van der Waals surface area contributed by atoms with Crippen LogP contribution < -0.4 is 14.2 Å². The number of allylic oxidation sites excluding steroid dienone is 1. The van der Waals surface area contributed by atoms with Crippen molar-refractivity contribution in [2.75, 3.05) is 21.3 Å². The molecular weight excluding hydrogens is 392 g/mol. The van der Waals surface area contributed by atoms with Crippen LogP contribution >= 0.6 is 0 Å². The first-order valence-electron chi connectivity index (χ1n) is 10.1. The lowest BCUT2D eigenvalue weighted by molar-refractivity contribution is 0.324. The third-order valence-electron chi connectivity index (χ3n) is 5.23. The monoisotopic (exact) mass is 418 g/mol. The van der Waals surface area contributed by atoms with E-state index in [1.807, 2.05) is 37.3 Å². The molecule has 7 heteroatoms. The Morgan fingerprint density at radius 1 is 1.03 bits per heavy atom. The average molecular weight is 418 g/mol. The summed E-state index contributed by atoms with van der Waals surface area (Å²) in [6.45, 7) is 4.12. The highest BCUT2D eigenvalue weighted by Gasteiger charge is 2.19. The number of H-pyrrole nitrogens is 2. The Kier molecular flexibility index (Phi) is 5.66. The van der Waals surface area contributed by atoms with Crippen molar-refractivity contribution >= 4 is 17.1 Å². The number of nitrogens with zero attached hydrogens (tertiary/aromatic N) is 2. The Hall–Kier alpha value is -3.74. The van der Waals surface area contributed by atoms with E-state index < -0.39 is 0 Å². The molecular formula is C24H26N4O3. The summed E-state index contributed by atoms with van der Waals surface area (Å²) in [6.07, 6.45) is 5.16. The summed E-state index contributed by atoms with van der Waals surface area (Å²) in [5.74, 6) is 2.47. The molecule has 4 rings (SSSR count). The van der Waals surface area contributed by atoms with Crippen LogP contribution in [0.1, 0.15) is 24.6 Å². The van der Waals surface area contributed by atoms with Gasteiger partial charge in [0, 0.05) is 16.8 Å². The number of methoxy groups -OCH3 is 3. The number of rotatable bonds is 7. The van der Waals surface area contributed by atoms with Crippen LogP contribution in [0.4, 0.5) is 0 Å². The van der Waals surface area contributed by atoms with Crippen molar-refractivity contribution < 1.29 is 14.2 Å². The van der Waals surface area contributed by atoms with Crippen LogP contribution in [0.5, 0.6) is 17.2 Å². The average Bonchev–Trinajstić information content (AvgIpc) is 3.39. The molecule has 31 heavy (non-hydrogen) atoms. The smallest absolute Gasteiger partial charge is 0.203 e. The third-order valence-corrected chi connectivity index (χ3v) is 5.23. The van der Waals surface area contributed by atoms with Crippen molar-refractivity contribution in [1.82, 2.24) is 20.2 Å². The predicted octanol–water partition coefficient (Wildman–Crippen LogP) is 5.38. The normalized spacial score (nSPS) is 11.4. The number of aromatic amines is 2. The molecule has 0 aliphatic heterocycles. The van der Waals surface area contributed by atoms with Gasteiger partial charge in [-0.05, 0) is 37.1 Å². The summed E-state index contributed by atoms with van der Waals surface area (Å²) < 4.78 is 16.5. The fraction of sp³-hybridized carbons (Fsp3) is 0.250. The number of nitrogens with one attached hydrogen (secondary N) is 2. The van der Waals surface area contributed by atoms with E-state index in [1.54, 1.807) is 21.3 Å². The maximum Gasteiger partial charge on any atom is 0.203 e. The Bertz CT molecular complexity index is 1230. The molecule has 0 saturated heterocycles. The molecule has 0 atom stereocenters. The highest BCUT2D eigenvalue weighted by molar-refractivity contribution is 5.94. The van der Waals surface area contributed by atoms with Gasteiger partial charge < -0.3 is 19.2 Å². The summed E-state index contributed by atoms with van der Waals surface area (Å²) in [4.78, 5) is 8.33. The van der Waals surface area contributed by atoms with Crippen LogP contribution in [0.3, 0.4) is 0 Å². The maximum absolute atomic E-state index is 5.53. The van der Waals surface area contributed by atoms with Crippen molar-refractivity contribution in [2.45, 2.75) is 20.3 Å². The van der Waals surface area contributed by atoms with Gasteiger partial charge in [0.05, 0.1) is 32.4 Å². The SMILES string of the molecule is CC/C=C\c1c(-c2nc3c(-c4cc(OC)c(OC)c(OC)c4)cccc3[nH]2)n[nH]c1C. The summed E-state index contributed by atoms with van der Waals surface area (Å²) in [6, 6.07) is 9.89. The minimum absolute atomic E-state index is 0.558. The molecule has 2 aromatic carbocycles. The molecule has 0 bridgehead atoms. The van der Waals surface area contributed by atoms with E-state index in [0.29, 0.717) is 17.2 Å². The lowest BCUT2D eigenvalue weighted by Crippen LogP contribution is -1.96. The third kappa shape index (κ3) is 3.63. The van der Waals surface area contributed by atoms with Crippen LogP contribution in [0, 0.1) is 6.92 Å². The Morgan fingerprint density at radius 2 is 1.77 bits per heavy atom. The zero-order valence-corrected chi connectivity index (χ0v) is 18.4.